The number of unbranched alkanes of at least 4 members (excludes halogenated alkanes) is 1. The molecule has 0 aromatic carbocycles. The molecule has 3 heteroatoms. The van der Waals surface area contributed by atoms with Crippen molar-refractivity contribution in [1.29, 1.82) is 0 Å². The Morgan fingerprint density at radius 1 is 1.35 bits per heavy atom. The van der Waals surface area contributed by atoms with E-state index >= 15 is 0 Å². The average Bonchev–Trinajstić information content (AvgIpc) is 2.26. The van der Waals surface area contributed by atoms with Gasteiger partial charge in [-0.05, 0) is 53.2 Å². The summed E-state index contributed by atoms with van der Waals surface area (Å²) in [4.78, 5) is 2.39. The van der Waals surface area contributed by atoms with Crippen LogP contribution in [0.25, 0.3) is 0 Å². The van der Waals surface area contributed by atoms with Crippen LogP contribution in [-0.2, 0) is 0 Å². The van der Waals surface area contributed by atoms with E-state index in [-0.39, 0.29) is 11.5 Å². The van der Waals surface area contributed by atoms with E-state index < -0.39 is 0 Å². The first-order chi connectivity index (χ1) is 7.85. The van der Waals surface area contributed by atoms with Crippen molar-refractivity contribution in [3.05, 3.63) is 0 Å². The van der Waals surface area contributed by atoms with Gasteiger partial charge >= 0.3 is 0 Å². The Balaban J connectivity index is 2.02. The van der Waals surface area contributed by atoms with Crippen LogP contribution in [0.1, 0.15) is 47.0 Å². The molecule has 0 saturated heterocycles. The second-order valence-corrected chi connectivity index (χ2v) is 6.36. The van der Waals surface area contributed by atoms with Gasteiger partial charge in [0, 0.05) is 17.5 Å². The van der Waals surface area contributed by atoms with Gasteiger partial charge in [-0.15, -0.1) is 0 Å². The zero-order chi connectivity index (χ0) is 13.1. The van der Waals surface area contributed by atoms with Crippen molar-refractivity contribution in [3.63, 3.8) is 0 Å². The molecule has 102 valence electrons. The Bertz CT molecular complexity index is 228. The fraction of sp³-hybridized carbons (Fsp3) is 1.00. The van der Waals surface area contributed by atoms with E-state index in [1.54, 1.807) is 0 Å². The number of hydrogen-bond donors (Lipinski definition) is 2. The van der Waals surface area contributed by atoms with Gasteiger partial charge in [0.05, 0.1) is 6.10 Å². The molecule has 3 nitrogen and oxygen atoms in total. The maximum absolute atomic E-state index is 9.64. The molecular formula is C14H30N2O. The van der Waals surface area contributed by atoms with Gasteiger partial charge in [0.2, 0.25) is 0 Å². The monoisotopic (exact) mass is 242 g/mol. The van der Waals surface area contributed by atoms with Crippen LogP contribution < -0.4 is 5.32 Å². The molecule has 1 aliphatic carbocycles. The molecule has 0 aliphatic heterocycles. The van der Waals surface area contributed by atoms with Crippen molar-refractivity contribution in [1.82, 2.24) is 10.2 Å². The summed E-state index contributed by atoms with van der Waals surface area (Å²) in [5.41, 5.74) is 0.0642. The van der Waals surface area contributed by atoms with E-state index in [4.69, 9.17) is 0 Å². The number of nitrogens with zero attached hydrogens (tertiary/aromatic N) is 1. The van der Waals surface area contributed by atoms with Gasteiger partial charge in [-0.25, -0.2) is 0 Å². The van der Waals surface area contributed by atoms with E-state index in [1.807, 2.05) is 0 Å². The molecule has 0 radical (unpaired) electrons. The van der Waals surface area contributed by atoms with Crippen molar-refractivity contribution in [2.24, 2.45) is 5.41 Å². The molecule has 0 bridgehead atoms. The van der Waals surface area contributed by atoms with Crippen LogP contribution in [0.4, 0.5) is 0 Å². The van der Waals surface area contributed by atoms with Crippen molar-refractivity contribution in [2.45, 2.75) is 65.1 Å². The van der Waals surface area contributed by atoms with Gasteiger partial charge in [-0.1, -0.05) is 13.8 Å². The fourth-order valence-electron chi connectivity index (χ4n) is 2.27. The highest BCUT2D eigenvalue weighted by Crippen LogP contribution is 2.40. The largest absolute Gasteiger partial charge is 0.392 e. The number of aliphatic hydroxyl groups excluding tert-OH is 1. The van der Waals surface area contributed by atoms with Gasteiger partial charge in [0.25, 0.3) is 0 Å². The molecule has 2 N–H and O–H groups in total. The minimum absolute atomic E-state index is 0.0642. The molecule has 0 spiro atoms. The summed E-state index contributed by atoms with van der Waals surface area (Å²) in [6, 6.07) is 1.14. The van der Waals surface area contributed by atoms with Crippen LogP contribution in [0.15, 0.2) is 0 Å². The first-order valence-corrected chi connectivity index (χ1v) is 6.97. The van der Waals surface area contributed by atoms with Crippen molar-refractivity contribution in [3.8, 4) is 0 Å². The van der Waals surface area contributed by atoms with Gasteiger partial charge in [-0.2, -0.15) is 0 Å². The number of nitrogens with one attached hydrogen (secondary N) is 1. The quantitative estimate of drug-likeness (QED) is 0.669. The Morgan fingerprint density at radius 2 is 2.00 bits per heavy atom. The summed E-state index contributed by atoms with van der Waals surface area (Å²) in [5, 5.41) is 13.2. The highest BCUT2D eigenvalue weighted by Gasteiger charge is 2.46. The summed E-state index contributed by atoms with van der Waals surface area (Å²) < 4.78 is 0. The number of aliphatic hydroxyl groups is 1. The molecule has 0 aromatic heterocycles. The lowest BCUT2D eigenvalue weighted by molar-refractivity contribution is -0.0722. The lowest BCUT2D eigenvalue weighted by Gasteiger charge is -2.49. The standard InChI is InChI=1S/C14H30N2O/c1-11(2)16(5)9-7-6-8-15-12-10-13(17)14(12,3)4/h11-13,15,17H,6-10H2,1-5H3. The van der Waals surface area contributed by atoms with Crippen LogP contribution in [0.2, 0.25) is 0 Å². The van der Waals surface area contributed by atoms with Crippen molar-refractivity contribution < 1.29 is 5.11 Å². The molecule has 1 aliphatic rings. The van der Waals surface area contributed by atoms with Crippen LogP contribution >= 0.6 is 0 Å². The molecule has 0 aromatic rings. The normalized spacial score (nSPS) is 27.5. The SMILES string of the molecule is CC(C)N(C)CCCCNC1CC(O)C1(C)C. The molecule has 1 saturated carbocycles. The van der Waals surface area contributed by atoms with Gasteiger partial charge in [-0.3, -0.25) is 0 Å². The minimum atomic E-state index is -0.118. The highest BCUT2D eigenvalue weighted by atomic mass is 16.3. The zero-order valence-electron chi connectivity index (χ0n) is 12.2. The fourth-order valence-corrected chi connectivity index (χ4v) is 2.27. The summed E-state index contributed by atoms with van der Waals surface area (Å²) in [5.74, 6) is 0. The summed E-state index contributed by atoms with van der Waals surface area (Å²) in [6.45, 7) is 11.0. The van der Waals surface area contributed by atoms with Gasteiger partial charge < -0.3 is 15.3 Å². The van der Waals surface area contributed by atoms with Crippen LogP contribution in [0.3, 0.4) is 0 Å². The van der Waals surface area contributed by atoms with Crippen molar-refractivity contribution >= 4 is 0 Å². The van der Waals surface area contributed by atoms with Crippen LogP contribution in [-0.4, -0.2) is 48.3 Å². The molecule has 1 rings (SSSR count). The molecule has 2 unspecified atom stereocenters. The molecule has 0 amide bonds. The third-order valence-electron chi connectivity index (χ3n) is 4.43. The average molecular weight is 242 g/mol. The summed E-state index contributed by atoms with van der Waals surface area (Å²) in [7, 11) is 2.18. The maximum Gasteiger partial charge on any atom is 0.0621 e. The van der Waals surface area contributed by atoms with E-state index in [1.165, 1.54) is 19.4 Å². The van der Waals surface area contributed by atoms with Gasteiger partial charge in [0.1, 0.15) is 0 Å². The second-order valence-electron chi connectivity index (χ2n) is 6.36. The Morgan fingerprint density at radius 3 is 2.47 bits per heavy atom. The predicted octanol–water partition coefficient (Wildman–Crippen LogP) is 1.86. The van der Waals surface area contributed by atoms with E-state index in [0.29, 0.717) is 12.1 Å². The Hall–Kier alpha value is -0.120. The minimum Gasteiger partial charge on any atom is -0.392 e. The van der Waals surface area contributed by atoms with Crippen LogP contribution in [0.5, 0.6) is 0 Å². The highest BCUT2D eigenvalue weighted by molar-refractivity contribution is 5.01. The zero-order valence-corrected chi connectivity index (χ0v) is 12.2. The first kappa shape index (κ1) is 14.9. The van der Waals surface area contributed by atoms with Crippen molar-refractivity contribution in [2.75, 3.05) is 20.1 Å². The van der Waals surface area contributed by atoms with Gasteiger partial charge in [0.15, 0.2) is 0 Å². The Kier molecular flexibility index (Phi) is 5.42. The molecule has 1 fully saturated rings. The molecule has 17 heavy (non-hydrogen) atoms. The third-order valence-corrected chi connectivity index (χ3v) is 4.43. The molecule has 0 heterocycles. The number of hydrogen-bond acceptors (Lipinski definition) is 3. The summed E-state index contributed by atoms with van der Waals surface area (Å²) in [6.07, 6.45) is 3.27. The third kappa shape index (κ3) is 3.94. The van der Waals surface area contributed by atoms with E-state index in [9.17, 15) is 5.11 Å². The smallest absolute Gasteiger partial charge is 0.0621 e. The lowest BCUT2D eigenvalue weighted by Crippen LogP contribution is -2.60. The number of rotatable bonds is 7. The van der Waals surface area contributed by atoms with E-state index in [0.717, 1.165) is 13.0 Å². The molecular weight excluding hydrogens is 212 g/mol. The molecule has 2 atom stereocenters. The lowest BCUT2D eigenvalue weighted by atomic mass is 9.64. The summed E-state index contributed by atoms with van der Waals surface area (Å²) >= 11 is 0. The van der Waals surface area contributed by atoms with E-state index in [2.05, 4.69) is 45.0 Å². The maximum atomic E-state index is 9.64. The second kappa shape index (κ2) is 6.17. The topological polar surface area (TPSA) is 35.5 Å². The Labute approximate surface area is 107 Å². The predicted molar refractivity (Wildman–Crippen MR) is 73.2 cm³/mol. The first-order valence-electron chi connectivity index (χ1n) is 6.97. The van der Waals surface area contributed by atoms with Crippen LogP contribution in [0, 0.1) is 5.41 Å².